The van der Waals surface area contributed by atoms with Gasteiger partial charge in [0.2, 0.25) is 0 Å². The second-order valence-corrected chi connectivity index (χ2v) is 3.81. The SMILES string of the molecule is CC(CCn1[nH]c(=O)ccc1=O)=NNC(=O)C(=O)NN. The van der Waals surface area contributed by atoms with E-state index in [2.05, 4.69) is 10.2 Å². The van der Waals surface area contributed by atoms with Crippen LogP contribution < -0.4 is 27.8 Å². The Kier molecular flexibility index (Phi) is 5.35. The van der Waals surface area contributed by atoms with E-state index < -0.39 is 17.4 Å². The van der Waals surface area contributed by atoms with Crippen LogP contribution in [0, 0.1) is 0 Å². The van der Waals surface area contributed by atoms with Crippen molar-refractivity contribution in [1.82, 2.24) is 20.6 Å². The van der Waals surface area contributed by atoms with Crippen LogP contribution >= 0.6 is 0 Å². The summed E-state index contributed by atoms with van der Waals surface area (Å²) >= 11 is 0. The summed E-state index contributed by atoms with van der Waals surface area (Å²) in [4.78, 5) is 44.3. The van der Waals surface area contributed by atoms with Crippen LogP contribution in [0.25, 0.3) is 0 Å². The third kappa shape index (κ3) is 4.49. The summed E-state index contributed by atoms with van der Waals surface area (Å²) in [5, 5.41) is 6.00. The van der Waals surface area contributed by atoms with E-state index in [1.807, 2.05) is 5.43 Å². The molecule has 10 heteroatoms. The largest absolute Gasteiger partial charge is 0.330 e. The van der Waals surface area contributed by atoms with Crippen LogP contribution in [0.1, 0.15) is 13.3 Å². The topological polar surface area (TPSA) is 151 Å². The van der Waals surface area contributed by atoms with E-state index in [9.17, 15) is 19.2 Å². The number of hydrazone groups is 1. The summed E-state index contributed by atoms with van der Waals surface area (Å²) in [6, 6.07) is 2.28. The number of aromatic amines is 1. The molecule has 0 fully saturated rings. The van der Waals surface area contributed by atoms with Crippen molar-refractivity contribution in [2.24, 2.45) is 10.9 Å². The van der Waals surface area contributed by atoms with Crippen molar-refractivity contribution >= 4 is 17.5 Å². The molecule has 0 bridgehead atoms. The quantitative estimate of drug-likeness (QED) is 0.157. The van der Waals surface area contributed by atoms with Gasteiger partial charge in [-0.15, -0.1) is 0 Å². The number of hydrazine groups is 1. The van der Waals surface area contributed by atoms with Crippen LogP contribution in [0.4, 0.5) is 0 Å². The standard InChI is InChI=1S/C10H14N6O4/c1-6(13-14-10(20)9(19)12-11)4-5-16-8(18)3-2-7(17)15-16/h2-3H,4-5,11H2,1H3,(H,12,19)(H,14,20)(H,15,17). The molecule has 0 aliphatic heterocycles. The maximum Gasteiger partial charge on any atom is 0.330 e. The molecule has 108 valence electrons. The van der Waals surface area contributed by atoms with Crippen molar-refractivity contribution in [3.8, 4) is 0 Å². The normalized spacial score (nSPS) is 11.0. The zero-order valence-corrected chi connectivity index (χ0v) is 10.7. The van der Waals surface area contributed by atoms with Gasteiger partial charge in [0, 0.05) is 30.8 Å². The molecule has 10 nitrogen and oxygen atoms in total. The number of amides is 2. The highest BCUT2D eigenvalue weighted by Crippen LogP contribution is 1.87. The molecule has 20 heavy (non-hydrogen) atoms. The van der Waals surface area contributed by atoms with E-state index in [1.54, 1.807) is 12.3 Å². The molecule has 0 aliphatic rings. The predicted octanol–water partition coefficient (Wildman–Crippen LogP) is -2.59. The van der Waals surface area contributed by atoms with E-state index in [-0.39, 0.29) is 12.1 Å². The molecule has 0 spiro atoms. The number of hydrogen-bond acceptors (Lipinski definition) is 6. The molecule has 0 unspecified atom stereocenters. The van der Waals surface area contributed by atoms with E-state index in [1.165, 1.54) is 0 Å². The van der Waals surface area contributed by atoms with Gasteiger partial charge in [-0.25, -0.2) is 16.0 Å². The molecule has 0 saturated heterocycles. The minimum Gasteiger partial charge on any atom is -0.286 e. The Morgan fingerprint density at radius 2 is 2.05 bits per heavy atom. The molecule has 1 rings (SSSR count). The summed E-state index contributed by atoms with van der Waals surface area (Å²) in [6.07, 6.45) is 0.296. The van der Waals surface area contributed by atoms with Gasteiger partial charge in [-0.1, -0.05) is 0 Å². The van der Waals surface area contributed by atoms with E-state index in [4.69, 9.17) is 5.84 Å². The monoisotopic (exact) mass is 282 g/mol. The molecule has 0 aliphatic carbocycles. The number of nitrogens with zero attached hydrogens (tertiary/aromatic N) is 2. The Hall–Kier alpha value is -2.75. The first-order chi connectivity index (χ1) is 9.43. The number of nitrogens with two attached hydrogens (primary N) is 1. The lowest BCUT2D eigenvalue weighted by Crippen LogP contribution is -2.41. The molecule has 0 radical (unpaired) electrons. The lowest BCUT2D eigenvalue weighted by atomic mass is 10.3. The minimum absolute atomic E-state index is 0.184. The van der Waals surface area contributed by atoms with Gasteiger partial charge >= 0.3 is 11.8 Å². The number of aromatic nitrogens is 2. The number of hydrogen-bond donors (Lipinski definition) is 4. The number of aryl methyl sites for hydroxylation is 1. The highest BCUT2D eigenvalue weighted by molar-refractivity contribution is 6.34. The first kappa shape index (κ1) is 15.3. The fourth-order valence-electron chi connectivity index (χ4n) is 1.22. The summed E-state index contributed by atoms with van der Waals surface area (Å²) in [7, 11) is 0. The van der Waals surface area contributed by atoms with Gasteiger partial charge in [0.1, 0.15) is 0 Å². The second kappa shape index (κ2) is 6.99. The average Bonchev–Trinajstić information content (AvgIpc) is 2.44. The molecule has 1 aromatic heterocycles. The number of rotatable bonds is 4. The van der Waals surface area contributed by atoms with Crippen LogP contribution in [0.3, 0.4) is 0 Å². The lowest BCUT2D eigenvalue weighted by Gasteiger charge is -2.04. The third-order valence-corrected chi connectivity index (χ3v) is 2.27. The van der Waals surface area contributed by atoms with Gasteiger partial charge in [0.15, 0.2) is 0 Å². The maximum atomic E-state index is 11.4. The van der Waals surface area contributed by atoms with E-state index >= 15 is 0 Å². The third-order valence-electron chi connectivity index (χ3n) is 2.27. The Balaban J connectivity index is 2.59. The smallest absolute Gasteiger partial charge is 0.286 e. The Morgan fingerprint density at radius 3 is 2.70 bits per heavy atom. The van der Waals surface area contributed by atoms with Crippen molar-refractivity contribution in [1.29, 1.82) is 0 Å². The minimum atomic E-state index is -1.02. The van der Waals surface area contributed by atoms with E-state index in [0.29, 0.717) is 12.1 Å². The zero-order valence-electron chi connectivity index (χ0n) is 10.7. The van der Waals surface area contributed by atoms with Crippen molar-refractivity contribution in [2.75, 3.05) is 0 Å². The van der Waals surface area contributed by atoms with Gasteiger partial charge in [-0.05, 0) is 6.92 Å². The van der Waals surface area contributed by atoms with E-state index in [0.717, 1.165) is 16.8 Å². The number of nitrogens with one attached hydrogen (secondary N) is 3. The van der Waals surface area contributed by atoms with Crippen molar-refractivity contribution in [3.05, 3.63) is 32.8 Å². The van der Waals surface area contributed by atoms with Gasteiger partial charge in [0.25, 0.3) is 11.1 Å². The fourth-order valence-corrected chi connectivity index (χ4v) is 1.22. The predicted molar refractivity (Wildman–Crippen MR) is 69.5 cm³/mol. The molecular formula is C10H14N6O4. The summed E-state index contributed by atoms with van der Waals surface area (Å²) in [5.41, 5.74) is 3.35. The Morgan fingerprint density at radius 1 is 1.35 bits per heavy atom. The highest BCUT2D eigenvalue weighted by atomic mass is 16.2. The van der Waals surface area contributed by atoms with Crippen LogP contribution in [0.2, 0.25) is 0 Å². The van der Waals surface area contributed by atoms with Gasteiger partial charge in [-0.3, -0.25) is 29.7 Å². The fraction of sp³-hybridized carbons (Fsp3) is 0.300. The van der Waals surface area contributed by atoms with Crippen LogP contribution in [0.15, 0.2) is 26.8 Å². The van der Waals surface area contributed by atoms with Crippen molar-refractivity contribution in [3.63, 3.8) is 0 Å². The first-order valence-corrected chi connectivity index (χ1v) is 5.58. The van der Waals surface area contributed by atoms with Crippen molar-refractivity contribution < 1.29 is 9.59 Å². The number of carbonyl (C=O) groups is 2. The summed E-state index contributed by atoms with van der Waals surface area (Å²) in [5.74, 6) is 2.74. The van der Waals surface area contributed by atoms with Crippen LogP contribution in [-0.4, -0.2) is 27.3 Å². The molecule has 0 atom stereocenters. The number of carbonyl (C=O) groups excluding carboxylic acids is 2. The molecule has 0 saturated carbocycles. The molecule has 0 aromatic carbocycles. The highest BCUT2D eigenvalue weighted by Gasteiger charge is 2.10. The molecule has 1 aromatic rings. The first-order valence-electron chi connectivity index (χ1n) is 5.58. The Labute approximate surface area is 112 Å². The van der Waals surface area contributed by atoms with Gasteiger partial charge < -0.3 is 0 Å². The van der Waals surface area contributed by atoms with Crippen LogP contribution in [-0.2, 0) is 16.1 Å². The van der Waals surface area contributed by atoms with Gasteiger partial charge in [-0.2, -0.15) is 5.10 Å². The lowest BCUT2D eigenvalue weighted by molar-refractivity contribution is -0.139. The molecule has 5 N–H and O–H groups in total. The van der Waals surface area contributed by atoms with Crippen molar-refractivity contribution in [2.45, 2.75) is 19.9 Å². The molecule has 1 heterocycles. The summed E-state index contributed by atoms with van der Waals surface area (Å²) < 4.78 is 1.12. The van der Waals surface area contributed by atoms with Crippen LogP contribution in [0.5, 0.6) is 0 Å². The maximum absolute atomic E-state index is 11.4. The molecule has 2 amide bonds. The number of H-pyrrole nitrogens is 1. The summed E-state index contributed by atoms with van der Waals surface area (Å²) in [6.45, 7) is 1.77. The second-order valence-electron chi connectivity index (χ2n) is 3.81. The average molecular weight is 282 g/mol. The Bertz CT molecular complexity index is 644. The zero-order chi connectivity index (χ0) is 15.1. The van der Waals surface area contributed by atoms with Gasteiger partial charge in [0.05, 0.1) is 0 Å². The molecular weight excluding hydrogens is 268 g/mol.